The number of nitrogens with zero attached hydrogens (tertiary/aromatic N) is 1. The molecule has 2 N–H and O–H groups in total. The highest BCUT2D eigenvalue weighted by Gasteiger charge is 2.44. The number of aromatic nitrogens is 1. The number of amides is 1. The fourth-order valence-electron chi connectivity index (χ4n) is 1.28. The fraction of sp³-hybridized carbons (Fsp3) is 0.556. The van der Waals surface area contributed by atoms with Gasteiger partial charge in [0.25, 0.3) is 5.91 Å². The smallest absolute Gasteiger partial charge is 0.270 e. The number of hydrogen-bond acceptors (Lipinski definition) is 3. The van der Waals surface area contributed by atoms with E-state index in [0.717, 1.165) is 12.8 Å². The molecule has 0 atom stereocenters. The van der Waals surface area contributed by atoms with E-state index in [4.69, 9.17) is 10.2 Å². The summed E-state index contributed by atoms with van der Waals surface area (Å²) in [6.45, 7) is 3.78. The minimum absolute atomic E-state index is 0.0540. The van der Waals surface area contributed by atoms with E-state index in [9.17, 15) is 4.79 Å². The predicted molar refractivity (Wildman–Crippen MR) is 46.3 cm³/mol. The van der Waals surface area contributed by atoms with E-state index in [2.05, 4.69) is 11.9 Å². The van der Waals surface area contributed by atoms with Gasteiger partial charge in [0.15, 0.2) is 5.69 Å². The summed E-state index contributed by atoms with van der Waals surface area (Å²) in [5.74, 6) is 0.658. The van der Waals surface area contributed by atoms with E-state index >= 15 is 0 Å². The standard InChI is InChI=1S/C9H12N2O2/c1-5-6(7(10)12)11-8(13-5)9(2)3-4-9/h3-4H2,1-2H3,(H2,10,12). The molecule has 4 nitrogen and oxygen atoms in total. The van der Waals surface area contributed by atoms with Gasteiger partial charge < -0.3 is 10.2 Å². The Kier molecular flexibility index (Phi) is 1.49. The van der Waals surface area contributed by atoms with Gasteiger partial charge in [-0.2, -0.15) is 0 Å². The Hall–Kier alpha value is -1.32. The summed E-state index contributed by atoms with van der Waals surface area (Å²) < 4.78 is 5.39. The average molecular weight is 180 g/mol. The highest BCUT2D eigenvalue weighted by atomic mass is 16.4. The first-order chi connectivity index (χ1) is 6.03. The van der Waals surface area contributed by atoms with Crippen molar-refractivity contribution in [1.29, 1.82) is 0 Å². The van der Waals surface area contributed by atoms with E-state index in [-0.39, 0.29) is 11.1 Å². The van der Waals surface area contributed by atoms with E-state index < -0.39 is 5.91 Å². The Morgan fingerprint density at radius 2 is 2.23 bits per heavy atom. The summed E-state index contributed by atoms with van der Waals surface area (Å²) in [4.78, 5) is 15.0. The van der Waals surface area contributed by atoms with Crippen molar-refractivity contribution in [2.75, 3.05) is 0 Å². The summed E-state index contributed by atoms with van der Waals surface area (Å²) in [6.07, 6.45) is 2.15. The molecule has 2 rings (SSSR count). The zero-order chi connectivity index (χ0) is 9.64. The summed E-state index contributed by atoms with van der Waals surface area (Å²) >= 11 is 0. The van der Waals surface area contributed by atoms with Crippen molar-refractivity contribution >= 4 is 5.91 Å². The first-order valence-corrected chi connectivity index (χ1v) is 4.31. The zero-order valence-corrected chi connectivity index (χ0v) is 7.76. The molecule has 1 aliphatic rings. The van der Waals surface area contributed by atoms with Crippen LogP contribution in [-0.2, 0) is 5.41 Å². The fourth-order valence-corrected chi connectivity index (χ4v) is 1.28. The van der Waals surface area contributed by atoms with Crippen LogP contribution in [0.4, 0.5) is 0 Å². The van der Waals surface area contributed by atoms with Gasteiger partial charge in [0.1, 0.15) is 5.76 Å². The monoisotopic (exact) mass is 180 g/mol. The van der Waals surface area contributed by atoms with Gasteiger partial charge in [0.2, 0.25) is 5.89 Å². The molecule has 70 valence electrons. The SMILES string of the molecule is Cc1oc(C2(C)CC2)nc1C(N)=O. The Labute approximate surface area is 76.1 Å². The van der Waals surface area contributed by atoms with Gasteiger partial charge in [-0.3, -0.25) is 4.79 Å². The molecule has 1 amide bonds. The summed E-state index contributed by atoms with van der Waals surface area (Å²) in [7, 11) is 0. The lowest BCUT2D eigenvalue weighted by atomic mass is 10.1. The third kappa shape index (κ3) is 1.22. The second-order valence-electron chi connectivity index (χ2n) is 3.85. The number of rotatable bonds is 2. The molecular weight excluding hydrogens is 168 g/mol. The van der Waals surface area contributed by atoms with Crippen molar-refractivity contribution in [3.8, 4) is 0 Å². The quantitative estimate of drug-likeness (QED) is 0.741. The topological polar surface area (TPSA) is 69.1 Å². The van der Waals surface area contributed by atoms with Crippen LogP contribution in [0.2, 0.25) is 0 Å². The van der Waals surface area contributed by atoms with Crippen LogP contribution < -0.4 is 5.73 Å². The molecular formula is C9H12N2O2. The molecule has 0 bridgehead atoms. The van der Waals surface area contributed by atoms with Gasteiger partial charge in [-0.15, -0.1) is 0 Å². The third-order valence-corrected chi connectivity index (χ3v) is 2.55. The summed E-state index contributed by atoms with van der Waals surface area (Å²) in [6, 6.07) is 0. The minimum atomic E-state index is -0.517. The van der Waals surface area contributed by atoms with Crippen molar-refractivity contribution in [3.63, 3.8) is 0 Å². The molecule has 0 unspecified atom stereocenters. The molecule has 1 aromatic rings. The molecule has 0 aromatic carbocycles. The molecule has 4 heteroatoms. The Morgan fingerprint density at radius 3 is 2.62 bits per heavy atom. The number of oxazole rings is 1. The number of aryl methyl sites for hydroxylation is 1. The van der Waals surface area contributed by atoms with E-state index in [1.54, 1.807) is 6.92 Å². The number of nitrogens with two attached hydrogens (primary N) is 1. The molecule has 1 aliphatic carbocycles. The number of primary amides is 1. The van der Waals surface area contributed by atoms with Crippen LogP contribution >= 0.6 is 0 Å². The molecule has 13 heavy (non-hydrogen) atoms. The van der Waals surface area contributed by atoms with Gasteiger partial charge in [-0.1, -0.05) is 6.92 Å². The summed E-state index contributed by atoms with van der Waals surface area (Å²) in [5.41, 5.74) is 5.45. The predicted octanol–water partition coefficient (Wildman–Crippen LogP) is 1.13. The van der Waals surface area contributed by atoms with Gasteiger partial charge in [-0.05, 0) is 19.8 Å². The van der Waals surface area contributed by atoms with E-state index in [1.807, 2.05) is 0 Å². The van der Waals surface area contributed by atoms with Gasteiger partial charge in [-0.25, -0.2) is 4.98 Å². The lowest BCUT2D eigenvalue weighted by molar-refractivity contribution is 0.0994. The lowest BCUT2D eigenvalue weighted by Crippen LogP contribution is -2.13. The zero-order valence-electron chi connectivity index (χ0n) is 7.76. The molecule has 1 saturated carbocycles. The third-order valence-electron chi connectivity index (χ3n) is 2.55. The molecule has 0 saturated heterocycles. The summed E-state index contributed by atoms with van der Waals surface area (Å²) in [5, 5.41) is 0. The normalized spacial score (nSPS) is 18.6. The van der Waals surface area contributed by atoms with Crippen LogP contribution in [0.5, 0.6) is 0 Å². The minimum Gasteiger partial charge on any atom is -0.445 e. The van der Waals surface area contributed by atoms with Crippen molar-refractivity contribution in [1.82, 2.24) is 4.98 Å². The lowest BCUT2D eigenvalue weighted by Gasteiger charge is -1.98. The second-order valence-corrected chi connectivity index (χ2v) is 3.85. The first kappa shape index (κ1) is 8.29. The van der Waals surface area contributed by atoms with Crippen LogP contribution in [-0.4, -0.2) is 10.9 Å². The molecule has 1 heterocycles. The average Bonchev–Trinajstić information content (AvgIpc) is 2.63. The highest BCUT2D eigenvalue weighted by Crippen LogP contribution is 2.47. The Morgan fingerprint density at radius 1 is 1.62 bits per heavy atom. The number of carbonyl (C=O) groups excluding carboxylic acids is 1. The van der Waals surface area contributed by atoms with Crippen molar-refractivity contribution in [2.45, 2.75) is 32.1 Å². The maximum Gasteiger partial charge on any atom is 0.270 e. The van der Waals surface area contributed by atoms with Crippen molar-refractivity contribution in [3.05, 3.63) is 17.3 Å². The Balaban J connectivity index is 2.41. The number of hydrogen-bond donors (Lipinski definition) is 1. The first-order valence-electron chi connectivity index (χ1n) is 4.31. The number of carbonyl (C=O) groups is 1. The maximum absolute atomic E-state index is 10.9. The van der Waals surface area contributed by atoms with Crippen LogP contribution in [0.1, 0.15) is 41.9 Å². The molecule has 1 fully saturated rings. The van der Waals surface area contributed by atoms with Crippen molar-refractivity contribution < 1.29 is 9.21 Å². The van der Waals surface area contributed by atoms with Gasteiger partial charge >= 0.3 is 0 Å². The van der Waals surface area contributed by atoms with Crippen LogP contribution in [0.3, 0.4) is 0 Å². The van der Waals surface area contributed by atoms with Crippen LogP contribution in [0, 0.1) is 6.92 Å². The van der Waals surface area contributed by atoms with Gasteiger partial charge in [0.05, 0.1) is 0 Å². The molecule has 1 aromatic heterocycles. The molecule has 0 radical (unpaired) electrons. The molecule has 0 spiro atoms. The van der Waals surface area contributed by atoms with E-state index in [0.29, 0.717) is 11.7 Å². The Bertz CT molecular complexity index is 364. The van der Waals surface area contributed by atoms with Gasteiger partial charge in [0, 0.05) is 5.41 Å². The molecule has 0 aliphatic heterocycles. The van der Waals surface area contributed by atoms with Crippen LogP contribution in [0.25, 0.3) is 0 Å². The highest BCUT2D eigenvalue weighted by molar-refractivity contribution is 5.91. The second kappa shape index (κ2) is 2.34. The largest absolute Gasteiger partial charge is 0.445 e. The van der Waals surface area contributed by atoms with Crippen molar-refractivity contribution in [2.24, 2.45) is 5.73 Å². The maximum atomic E-state index is 10.9. The van der Waals surface area contributed by atoms with E-state index in [1.165, 1.54) is 0 Å². The van der Waals surface area contributed by atoms with Crippen LogP contribution in [0.15, 0.2) is 4.42 Å².